The number of hydrogen-bond acceptors (Lipinski definition) is 5. The van der Waals surface area contributed by atoms with Crippen molar-refractivity contribution in [1.82, 2.24) is 14.7 Å². The molecular weight excluding hydrogens is 346 g/mol. The van der Waals surface area contributed by atoms with Gasteiger partial charge in [0.25, 0.3) is 0 Å². The summed E-state index contributed by atoms with van der Waals surface area (Å²) in [7, 11) is 0. The topological polar surface area (TPSA) is 102 Å². The monoisotopic (exact) mass is 373 g/mol. The third-order valence-electron chi connectivity index (χ3n) is 4.78. The highest BCUT2D eigenvalue weighted by Gasteiger charge is 2.33. The quantitative estimate of drug-likeness (QED) is 0.738. The Bertz CT molecular complexity index is 560. The Morgan fingerprint density at radius 1 is 1.32 bits per heavy atom. The lowest BCUT2D eigenvalue weighted by molar-refractivity contribution is -0.136. The van der Waals surface area contributed by atoms with Crippen molar-refractivity contribution >= 4 is 29.9 Å². The lowest BCUT2D eigenvalue weighted by atomic mass is 9.81. The summed E-state index contributed by atoms with van der Waals surface area (Å²) in [5, 5.41) is 7.02. The Labute approximate surface area is 154 Å². The van der Waals surface area contributed by atoms with Gasteiger partial charge in [-0.15, -0.1) is 12.4 Å². The number of nitrogens with two attached hydrogens (primary N) is 1. The lowest BCUT2D eigenvalue weighted by Gasteiger charge is -2.28. The van der Waals surface area contributed by atoms with Crippen LogP contribution in [0, 0.1) is 5.41 Å². The number of nitrogens with zero attached hydrogens (tertiary/aromatic N) is 3. The van der Waals surface area contributed by atoms with Crippen LogP contribution in [0.3, 0.4) is 0 Å². The van der Waals surface area contributed by atoms with Gasteiger partial charge in [-0.3, -0.25) is 14.3 Å². The Kier molecular flexibility index (Phi) is 8.34. The van der Waals surface area contributed by atoms with E-state index in [4.69, 9.17) is 10.5 Å². The molecule has 0 aromatic carbocycles. The lowest BCUT2D eigenvalue weighted by Crippen LogP contribution is -2.42. The van der Waals surface area contributed by atoms with Crippen LogP contribution in [0.1, 0.15) is 26.7 Å². The van der Waals surface area contributed by atoms with Gasteiger partial charge in [-0.2, -0.15) is 5.10 Å². The third-order valence-corrected chi connectivity index (χ3v) is 4.78. The van der Waals surface area contributed by atoms with E-state index in [-0.39, 0.29) is 30.8 Å². The largest absolute Gasteiger partial charge is 0.378 e. The maximum Gasteiger partial charge on any atom is 0.244 e. The SMILES string of the molecule is CCC(CC)(CN)C(=O)Nc1cnn(CC(=O)N2CCOCC2)c1.Cl. The molecule has 9 heteroatoms. The van der Waals surface area contributed by atoms with E-state index in [0.29, 0.717) is 51.4 Å². The van der Waals surface area contributed by atoms with Crippen LogP contribution >= 0.6 is 12.4 Å². The zero-order chi connectivity index (χ0) is 17.6. The van der Waals surface area contributed by atoms with Crippen LogP contribution in [-0.4, -0.2) is 59.3 Å². The number of carbonyl (C=O) groups is 2. The van der Waals surface area contributed by atoms with Crippen LogP contribution in [-0.2, 0) is 20.9 Å². The van der Waals surface area contributed by atoms with Crippen LogP contribution in [0.15, 0.2) is 12.4 Å². The zero-order valence-corrected chi connectivity index (χ0v) is 15.7. The van der Waals surface area contributed by atoms with Gasteiger partial charge in [0.2, 0.25) is 11.8 Å². The van der Waals surface area contributed by atoms with E-state index in [1.807, 2.05) is 13.8 Å². The molecule has 1 saturated heterocycles. The Morgan fingerprint density at radius 3 is 2.52 bits per heavy atom. The standard InChI is InChI=1S/C16H27N5O3.ClH/c1-3-16(4-2,12-17)15(23)19-13-9-18-21(10-13)11-14(22)20-5-7-24-8-6-20;/h9-10H,3-8,11-12,17H2,1-2H3,(H,19,23);1H. The van der Waals surface area contributed by atoms with E-state index in [1.54, 1.807) is 17.3 Å². The number of anilines is 1. The van der Waals surface area contributed by atoms with E-state index in [0.717, 1.165) is 0 Å². The zero-order valence-electron chi connectivity index (χ0n) is 14.9. The number of carbonyl (C=O) groups excluding carboxylic acids is 2. The average molecular weight is 374 g/mol. The summed E-state index contributed by atoms with van der Waals surface area (Å²) in [5.74, 6) is -0.105. The number of nitrogens with one attached hydrogen (secondary N) is 1. The Hall–Kier alpha value is -1.64. The fourth-order valence-corrected chi connectivity index (χ4v) is 2.78. The Balaban J connectivity index is 0.00000312. The van der Waals surface area contributed by atoms with Gasteiger partial charge in [0, 0.05) is 25.8 Å². The molecule has 3 N–H and O–H groups in total. The van der Waals surface area contributed by atoms with Crippen molar-refractivity contribution in [3.05, 3.63) is 12.4 Å². The van der Waals surface area contributed by atoms with Gasteiger partial charge in [-0.05, 0) is 12.8 Å². The van der Waals surface area contributed by atoms with Gasteiger partial charge in [-0.1, -0.05) is 13.8 Å². The molecule has 2 rings (SSSR count). The van der Waals surface area contributed by atoms with E-state index in [2.05, 4.69) is 10.4 Å². The highest BCUT2D eigenvalue weighted by molar-refractivity contribution is 5.95. The van der Waals surface area contributed by atoms with E-state index in [9.17, 15) is 9.59 Å². The van der Waals surface area contributed by atoms with Gasteiger partial charge >= 0.3 is 0 Å². The molecule has 0 aliphatic carbocycles. The smallest absolute Gasteiger partial charge is 0.244 e. The fraction of sp³-hybridized carbons (Fsp3) is 0.688. The summed E-state index contributed by atoms with van der Waals surface area (Å²) in [6.07, 6.45) is 4.57. The van der Waals surface area contributed by atoms with Crippen LogP contribution in [0.5, 0.6) is 0 Å². The summed E-state index contributed by atoms with van der Waals surface area (Å²) in [4.78, 5) is 26.5. The van der Waals surface area contributed by atoms with Crippen molar-refractivity contribution in [3.8, 4) is 0 Å². The molecule has 0 saturated carbocycles. The molecule has 0 spiro atoms. The molecule has 1 aliphatic rings. The second-order valence-electron chi connectivity index (χ2n) is 6.07. The highest BCUT2D eigenvalue weighted by Crippen LogP contribution is 2.26. The maximum atomic E-state index is 12.5. The molecule has 25 heavy (non-hydrogen) atoms. The summed E-state index contributed by atoms with van der Waals surface area (Å²) in [5.41, 5.74) is 5.81. The first kappa shape index (κ1) is 21.4. The number of aromatic nitrogens is 2. The van der Waals surface area contributed by atoms with Crippen molar-refractivity contribution in [2.45, 2.75) is 33.2 Å². The summed E-state index contributed by atoms with van der Waals surface area (Å²) in [6, 6.07) is 0. The molecule has 1 aliphatic heterocycles. The minimum atomic E-state index is -0.564. The highest BCUT2D eigenvalue weighted by atomic mass is 35.5. The number of halogens is 1. The molecule has 0 radical (unpaired) electrons. The molecule has 2 amide bonds. The van der Waals surface area contributed by atoms with Gasteiger partial charge in [0.05, 0.1) is 30.5 Å². The number of morpholine rings is 1. The van der Waals surface area contributed by atoms with E-state index >= 15 is 0 Å². The first-order chi connectivity index (χ1) is 11.5. The van der Waals surface area contributed by atoms with Gasteiger partial charge in [0.1, 0.15) is 6.54 Å². The second-order valence-corrected chi connectivity index (χ2v) is 6.07. The van der Waals surface area contributed by atoms with Gasteiger partial charge < -0.3 is 20.7 Å². The van der Waals surface area contributed by atoms with Crippen molar-refractivity contribution < 1.29 is 14.3 Å². The number of ether oxygens (including phenoxy) is 1. The second kappa shape index (κ2) is 9.74. The number of rotatable bonds is 7. The summed E-state index contributed by atoms with van der Waals surface area (Å²) >= 11 is 0. The first-order valence-corrected chi connectivity index (χ1v) is 8.44. The predicted octanol–water partition coefficient (Wildman–Crippen LogP) is 0.867. The predicted molar refractivity (Wildman–Crippen MR) is 97.6 cm³/mol. The van der Waals surface area contributed by atoms with E-state index in [1.165, 1.54) is 4.68 Å². The maximum absolute atomic E-state index is 12.5. The molecule has 1 aromatic rings. The summed E-state index contributed by atoms with van der Waals surface area (Å²) < 4.78 is 6.77. The normalized spacial score (nSPS) is 14.8. The van der Waals surface area contributed by atoms with Crippen molar-refractivity contribution in [1.29, 1.82) is 0 Å². The van der Waals surface area contributed by atoms with Crippen LogP contribution in [0.4, 0.5) is 5.69 Å². The summed E-state index contributed by atoms with van der Waals surface area (Å²) in [6.45, 7) is 6.73. The third kappa shape index (κ3) is 5.17. The molecule has 2 heterocycles. The van der Waals surface area contributed by atoms with Crippen LogP contribution in [0.2, 0.25) is 0 Å². The molecule has 1 aromatic heterocycles. The minimum Gasteiger partial charge on any atom is -0.378 e. The number of amides is 2. The van der Waals surface area contributed by atoms with Crippen LogP contribution < -0.4 is 11.1 Å². The molecular formula is C16H28ClN5O3. The molecule has 1 fully saturated rings. The average Bonchev–Trinajstić information content (AvgIpc) is 3.04. The first-order valence-electron chi connectivity index (χ1n) is 8.44. The minimum absolute atomic E-state index is 0. The van der Waals surface area contributed by atoms with Gasteiger partial charge in [-0.25, -0.2) is 0 Å². The van der Waals surface area contributed by atoms with Crippen molar-refractivity contribution in [2.24, 2.45) is 11.1 Å². The van der Waals surface area contributed by atoms with Crippen molar-refractivity contribution in [2.75, 3.05) is 38.2 Å². The number of hydrogen-bond donors (Lipinski definition) is 2. The molecule has 0 atom stereocenters. The van der Waals surface area contributed by atoms with E-state index < -0.39 is 5.41 Å². The van der Waals surface area contributed by atoms with Gasteiger partial charge in [0.15, 0.2) is 0 Å². The van der Waals surface area contributed by atoms with Crippen LogP contribution in [0.25, 0.3) is 0 Å². The Morgan fingerprint density at radius 2 is 1.96 bits per heavy atom. The molecule has 8 nitrogen and oxygen atoms in total. The molecule has 142 valence electrons. The fourth-order valence-electron chi connectivity index (χ4n) is 2.78. The molecule has 0 unspecified atom stereocenters. The van der Waals surface area contributed by atoms with Crippen molar-refractivity contribution in [3.63, 3.8) is 0 Å². The molecule has 0 bridgehead atoms.